The second kappa shape index (κ2) is 4.97. The molecule has 6 heteroatoms. The summed E-state index contributed by atoms with van der Waals surface area (Å²) >= 11 is 5.46. The summed E-state index contributed by atoms with van der Waals surface area (Å²) in [5.41, 5.74) is 1.64. The number of hydrogen-bond donors (Lipinski definition) is 1. The number of nitrogens with one attached hydrogen (secondary N) is 1. The zero-order chi connectivity index (χ0) is 12.3. The molecule has 0 bridgehead atoms. The number of carbonyl (C=O) groups is 1. The second-order valence-corrected chi connectivity index (χ2v) is 3.74. The standard InChI is InChI=1S/C11H11ClN4O/c1-8-6-10(14-11(17)7-12)16(15-8)9-2-4-13-5-3-9/h2-6H,7H2,1H3,(H,14,17). The number of hydrogen-bond acceptors (Lipinski definition) is 3. The van der Waals surface area contributed by atoms with E-state index in [1.165, 1.54) is 0 Å². The third-order valence-electron chi connectivity index (χ3n) is 2.13. The Labute approximate surface area is 103 Å². The van der Waals surface area contributed by atoms with Crippen molar-refractivity contribution in [1.82, 2.24) is 14.8 Å². The highest BCUT2D eigenvalue weighted by Crippen LogP contribution is 2.16. The lowest BCUT2D eigenvalue weighted by atomic mass is 10.4. The summed E-state index contributed by atoms with van der Waals surface area (Å²) in [7, 11) is 0. The smallest absolute Gasteiger partial charge is 0.240 e. The first-order valence-electron chi connectivity index (χ1n) is 5.03. The molecule has 2 rings (SSSR count). The van der Waals surface area contributed by atoms with E-state index in [-0.39, 0.29) is 11.8 Å². The molecule has 0 saturated carbocycles. The molecular weight excluding hydrogens is 240 g/mol. The van der Waals surface area contributed by atoms with E-state index in [9.17, 15) is 4.79 Å². The Bertz CT molecular complexity index is 524. The van der Waals surface area contributed by atoms with E-state index >= 15 is 0 Å². The fourth-order valence-corrected chi connectivity index (χ4v) is 1.51. The minimum Gasteiger partial charge on any atom is -0.310 e. The second-order valence-electron chi connectivity index (χ2n) is 3.47. The molecule has 0 aliphatic rings. The molecule has 88 valence electrons. The molecule has 0 aromatic carbocycles. The molecule has 1 amide bonds. The molecular formula is C11H11ClN4O. The maximum Gasteiger partial charge on any atom is 0.240 e. The van der Waals surface area contributed by atoms with Crippen molar-refractivity contribution in [2.24, 2.45) is 0 Å². The molecule has 2 aromatic rings. The van der Waals surface area contributed by atoms with Crippen LogP contribution in [0.1, 0.15) is 5.69 Å². The average molecular weight is 251 g/mol. The molecule has 0 aliphatic carbocycles. The van der Waals surface area contributed by atoms with Crippen LogP contribution in [0.15, 0.2) is 30.6 Å². The summed E-state index contributed by atoms with van der Waals surface area (Å²) in [5.74, 6) is 0.252. The van der Waals surface area contributed by atoms with Crippen LogP contribution in [0.2, 0.25) is 0 Å². The van der Waals surface area contributed by atoms with Crippen LogP contribution in [-0.4, -0.2) is 26.6 Å². The molecule has 0 aliphatic heterocycles. The van der Waals surface area contributed by atoms with Crippen LogP contribution in [0.4, 0.5) is 5.82 Å². The molecule has 0 atom stereocenters. The quantitative estimate of drug-likeness (QED) is 0.845. The van der Waals surface area contributed by atoms with Gasteiger partial charge < -0.3 is 5.32 Å². The van der Waals surface area contributed by atoms with E-state index in [0.717, 1.165) is 11.4 Å². The molecule has 2 aromatic heterocycles. The maximum absolute atomic E-state index is 11.3. The Morgan fingerprint density at radius 3 is 2.82 bits per heavy atom. The van der Waals surface area contributed by atoms with Crippen molar-refractivity contribution in [2.75, 3.05) is 11.2 Å². The van der Waals surface area contributed by atoms with E-state index in [1.54, 1.807) is 23.1 Å². The van der Waals surface area contributed by atoms with Crippen molar-refractivity contribution in [1.29, 1.82) is 0 Å². The van der Waals surface area contributed by atoms with Gasteiger partial charge in [-0.2, -0.15) is 5.10 Å². The van der Waals surface area contributed by atoms with Gasteiger partial charge in [0.25, 0.3) is 0 Å². The number of carbonyl (C=O) groups excluding carboxylic acids is 1. The number of aryl methyl sites for hydroxylation is 1. The minimum absolute atomic E-state index is 0.0828. The van der Waals surface area contributed by atoms with Gasteiger partial charge >= 0.3 is 0 Å². The van der Waals surface area contributed by atoms with Crippen molar-refractivity contribution < 1.29 is 4.79 Å². The monoisotopic (exact) mass is 250 g/mol. The number of rotatable bonds is 3. The Morgan fingerprint density at radius 1 is 1.47 bits per heavy atom. The molecule has 2 heterocycles. The number of nitrogens with zero attached hydrogens (tertiary/aromatic N) is 3. The van der Waals surface area contributed by atoms with Gasteiger partial charge in [-0.15, -0.1) is 11.6 Å². The SMILES string of the molecule is Cc1cc(NC(=O)CCl)n(-c2ccncc2)n1. The largest absolute Gasteiger partial charge is 0.310 e. The highest BCUT2D eigenvalue weighted by molar-refractivity contribution is 6.29. The molecule has 5 nitrogen and oxygen atoms in total. The van der Waals surface area contributed by atoms with Crippen molar-refractivity contribution >= 4 is 23.3 Å². The van der Waals surface area contributed by atoms with Crippen LogP contribution in [-0.2, 0) is 4.79 Å². The minimum atomic E-state index is -0.262. The molecule has 1 N–H and O–H groups in total. The maximum atomic E-state index is 11.3. The molecule has 0 saturated heterocycles. The highest BCUT2D eigenvalue weighted by atomic mass is 35.5. The van der Waals surface area contributed by atoms with Crippen LogP contribution in [0.3, 0.4) is 0 Å². The normalized spacial score (nSPS) is 10.2. The third kappa shape index (κ3) is 2.62. The summed E-state index contributed by atoms with van der Waals surface area (Å²) < 4.78 is 1.64. The van der Waals surface area contributed by atoms with Crippen molar-refractivity contribution in [3.8, 4) is 5.69 Å². The predicted molar refractivity (Wildman–Crippen MR) is 65.4 cm³/mol. The zero-order valence-electron chi connectivity index (χ0n) is 9.22. The van der Waals surface area contributed by atoms with E-state index in [2.05, 4.69) is 15.4 Å². The fourth-order valence-electron chi connectivity index (χ4n) is 1.45. The first-order chi connectivity index (χ1) is 8.20. The molecule has 0 fully saturated rings. The lowest BCUT2D eigenvalue weighted by molar-refractivity contribution is -0.113. The first-order valence-corrected chi connectivity index (χ1v) is 5.57. The van der Waals surface area contributed by atoms with E-state index < -0.39 is 0 Å². The van der Waals surface area contributed by atoms with Gasteiger partial charge in [0.1, 0.15) is 11.7 Å². The lowest BCUT2D eigenvalue weighted by Gasteiger charge is -2.07. The molecule has 0 radical (unpaired) electrons. The van der Waals surface area contributed by atoms with Gasteiger partial charge in [-0.05, 0) is 19.1 Å². The number of anilines is 1. The van der Waals surface area contributed by atoms with Crippen LogP contribution in [0, 0.1) is 6.92 Å². The van der Waals surface area contributed by atoms with Crippen LogP contribution < -0.4 is 5.32 Å². The number of alkyl halides is 1. The summed E-state index contributed by atoms with van der Waals surface area (Å²) in [6.07, 6.45) is 3.33. The highest BCUT2D eigenvalue weighted by Gasteiger charge is 2.09. The van der Waals surface area contributed by atoms with E-state index in [4.69, 9.17) is 11.6 Å². The first kappa shape index (κ1) is 11.6. The van der Waals surface area contributed by atoms with Gasteiger partial charge in [0.2, 0.25) is 5.91 Å². The average Bonchev–Trinajstić information content (AvgIpc) is 2.71. The van der Waals surface area contributed by atoms with Gasteiger partial charge in [-0.1, -0.05) is 0 Å². The Balaban J connectivity index is 2.37. The topological polar surface area (TPSA) is 59.8 Å². The summed E-state index contributed by atoms with van der Waals surface area (Å²) in [4.78, 5) is 15.2. The number of halogens is 1. The number of amides is 1. The van der Waals surface area contributed by atoms with Crippen molar-refractivity contribution in [2.45, 2.75) is 6.92 Å². The molecule has 17 heavy (non-hydrogen) atoms. The van der Waals surface area contributed by atoms with Crippen molar-refractivity contribution in [3.63, 3.8) is 0 Å². The van der Waals surface area contributed by atoms with Crippen molar-refractivity contribution in [3.05, 3.63) is 36.3 Å². The fraction of sp³-hybridized carbons (Fsp3) is 0.182. The van der Waals surface area contributed by atoms with Gasteiger partial charge in [-0.25, -0.2) is 4.68 Å². The van der Waals surface area contributed by atoms with Gasteiger partial charge in [0.05, 0.1) is 11.4 Å². The van der Waals surface area contributed by atoms with E-state index in [0.29, 0.717) is 5.82 Å². The lowest BCUT2D eigenvalue weighted by Crippen LogP contribution is -2.15. The summed E-state index contributed by atoms with van der Waals surface area (Å²) in [6, 6.07) is 5.40. The van der Waals surface area contributed by atoms with Crippen LogP contribution in [0.25, 0.3) is 5.69 Å². The number of pyridine rings is 1. The summed E-state index contributed by atoms with van der Waals surface area (Å²) in [6.45, 7) is 1.86. The Morgan fingerprint density at radius 2 is 2.18 bits per heavy atom. The summed E-state index contributed by atoms with van der Waals surface area (Å²) in [5, 5.41) is 6.99. The molecule has 0 spiro atoms. The Hall–Kier alpha value is -1.88. The zero-order valence-corrected chi connectivity index (χ0v) is 9.98. The van der Waals surface area contributed by atoms with Gasteiger partial charge in [0, 0.05) is 18.5 Å². The van der Waals surface area contributed by atoms with Gasteiger partial charge in [-0.3, -0.25) is 9.78 Å². The molecule has 0 unspecified atom stereocenters. The van der Waals surface area contributed by atoms with E-state index in [1.807, 2.05) is 19.1 Å². The van der Waals surface area contributed by atoms with Crippen LogP contribution >= 0.6 is 11.6 Å². The number of aromatic nitrogens is 3. The van der Waals surface area contributed by atoms with Gasteiger partial charge in [0.15, 0.2) is 0 Å². The third-order valence-corrected chi connectivity index (χ3v) is 2.37. The Kier molecular flexibility index (Phi) is 3.39. The predicted octanol–water partition coefficient (Wildman–Crippen LogP) is 1.75. The van der Waals surface area contributed by atoms with Crippen LogP contribution in [0.5, 0.6) is 0 Å².